The van der Waals surface area contributed by atoms with Crippen LogP contribution >= 0.6 is 0 Å². The van der Waals surface area contributed by atoms with E-state index in [1.165, 1.54) is 23.1 Å². The lowest BCUT2D eigenvalue weighted by Crippen LogP contribution is -2.36. The first kappa shape index (κ1) is 15.6. The van der Waals surface area contributed by atoms with Crippen molar-refractivity contribution >= 4 is 11.9 Å². The molecule has 0 bridgehead atoms. The zero-order valence-corrected chi connectivity index (χ0v) is 12.2. The number of amides is 3. The summed E-state index contributed by atoms with van der Waals surface area (Å²) in [5, 5.41) is 0. The van der Waals surface area contributed by atoms with Crippen molar-refractivity contribution in [2.75, 3.05) is 19.7 Å². The van der Waals surface area contributed by atoms with Crippen LogP contribution in [0.1, 0.15) is 18.4 Å². The van der Waals surface area contributed by atoms with Gasteiger partial charge in [0.25, 0.3) is 0 Å². The summed E-state index contributed by atoms with van der Waals surface area (Å²) in [4.78, 5) is 26.4. The predicted molar refractivity (Wildman–Crippen MR) is 73.8 cm³/mol. The first-order valence-corrected chi connectivity index (χ1v) is 7.28. The van der Waals surface area contributed by atoms with Gasteiger partial charge < -0.3 is 9.64 Å². The maximum absolute atomic E-state index is 12.8. The lowest BCUT2D eigenvalue weighted by Gasteiger charge is -2.18. The Morgan fingerprint density at radius 1 is 1.17 bits per heavy atom. The summed E-state index contributed by atoms with van der Waals surface area (Å²) in [5.74, 6) is -0.646. The lowest BCUT2D eigenvalue weighted by molar-refractivity contribution is -0.139. The molecule has 1 aliphatic heterocycles. The molecule has 1 heterocycles. The van der Waals surface area contributed by atoms with Gasteiger partial charge in [0.05, 0.1) is 12.1 Å². The number of para-hydroxylation sites is 1. The SMILES string of the molecule is O=C1CN(C2CC2)C(=O)N1CCOc1ccccc1C(F)(F)F. The van der Waals surface area contributed by atoms with Gasteiger partial charge in [-0.3, -0.25) is 9.69 Å². The summed E-state index contributed by atoms with van der Waals surface area (Å²) < 4.78 is 43.7. The van der Waals surface area contributed by atoms with E-state index in [4.69, 9.17) is 4.74 Å². The van der Waals surface area contributed by atoms with Crippen LogP contribution in [0.25, 0.3) is 0 Å². The molecule has 0 N–H and O–H groups in total. The first-order valence-electron chi connectivity index (χ1n) is 7.28. The number of carbonyl (C=O) groups excluding carboxylic acids is 2. The molecule has 1 aromatic rings. The standard InChI is InChI=1S/C15H15F3N2O3/c16-15(17,18)11-3-1-2-4-12(11)23-8-7-19-13(21)9-20(14(19)22)10-5-6-10/h1-4,10H,5-9H2. The van der Waals surface area contributed by atoms with E-state index < -0.39 is 11.7 Å². The lowest BCUT2D eigenvalue weighted by atomic mass is 10.2. The molecule has 2 fully saturated rings. The Kier molecular flexibility index (Phi) is 3.91. The Balaban J connectivity index is 1.60. The molecule has 8 heteroatoms. The van der Waals surface area contributed by atoms with Crippen molar-refractivity contribution in [3.8, 4) is 5.75 Å². The number of hydrogen-bond donors (Lipinski definition) is 0. The van der Waals surface area contributed by atoms with Crippen LogP contribution in [0.5, 0.6) is 5.75 Å². The predicted octanol–water partition coefficient (Wildman–Crippen LogP) is 2.51. The molecular formula is C15H15F3N2O3. The van der Waals surface area contributed by atoms with Gasteiger partial charge in [-0.15, -0.1) is 0 Å². The molecule has 124 valence electrons. The third-order valence-electron chi connectivity index (χ3n) is 3.84. The van der Waals surface area contributed by atoms with E-state index in [9.17, 15) is 22.8 Å². The van der Waals surface area contributed by atoms with Crippen LogP contribution in [-0.2, 0) is 11.0 Å². The summed E-state index contributed by atoms with van der Waals surface area (Å²) in [6.07, 6.45) is -2.73. The van der Waals surface area contributed by atoms with E-state index in [1.54, 1.807) is 0 Å². The maximum atomic E-state index is 12.8. The second-order valence-electron chi connectivity index (χ2n) is 5.53. The summed E-state index contributed by atoms with van der Waals surface area (Å²) in [6, 6.07) is 4.60. The van der Waals surface area contributed by atoms with E-state index in [0.29, 0.717) is 0 Å². The molecule has 2 aliphatic rings. The average molecular weight is 328 g/mol. The highest BCUT2D eigenvalue weighted by molar-refractivity contribution is 6.02. The third kappa shape index (κ3) is 3.25. The largest absolute Gasteiger partial charge is 0.491 e. The Bertz CT molecular complexity index is 629. The van der Waals surface area contributed by atoms with Crippen LogP contribution in [0.15, 0.2) is 24.3 Å². The molecule has 1 aromatic carbocycles. The maximum Gasteiger partial charge on any atom is 0.419 e. The molecule has 1 aliphatic carbocycles. The molecule has 1 saturated carbocycles. The van der Waals surface area contributed by atoms with Gasteiger partial charge in [-0.1, -0.05) is 12.1 Å². The minimum atomic E-state index is -4.52. The fraction of sp³-hybridized carbons (Fsp3) is 0.467. The zero-order chi connectivity index (χ0) is 16.6. The molecule has 5 nitrogen and oxygen atoms in total. The van der Waals surface area contributed by atoms with Crippen molar-refractivity contribution in [3.63, 3.8) is 0 Å². The average Bonchev–Trinajstić information content (AvgIpc) is 3.28. The topological polar surface area (TPSA) is 49.9 Å². The van der Waals surface area contributed by atoms with Gasteiger partial charge in [0.2, 0.25) is 5.91 Å². The van der Waals surface area contributed by atoms with Gasteiger partial charge in [-0.2, -0.15) is 13.2 Å². The van der Waals surface area contributed by atoms with Crippen molar-refractivity contribution in [1.82, 2.24) is 9.80 Å². The summed E-state index contributed by atoms with van der Waals surface area (Å²) in [6.45, 7) is -0.196. The number of rotatable bonds is 5. The van der Waals surface area contributed by atoms with Crippen LogP contribution in [-0.4, -0.2) is 47.5 Å². The van der Waals surface area contributed by atoms with Crippen molar-refractivity contribution < 1.29 is 27.5 Å². The minimum absolute atomic E-state index is 0.0443. The van der Waals surface area contributed by atoms with Crippen LogP contribution in [0.3, 0.4) is 0 Å². The summed E-state index contributed by atoms with van der Waals surface area (Å²) in [7, 11) is 0. The Labute approximate surface area is 130 Å². The van der Waals surface area contributed by atoms with Gasteiger partial charge in [0.1, 0.15) is 18.9 Å². The minimum Gasteiger partial charge on any atom is -0.491 e. The molecule has 1 saturated heterocycles. The van der Waals surface area contributed by atoms with Crippen molar-refractivity contribution in [2.24, 2.45) is 0 Å². The molecule has 0 atom stereocenters. The molecule has 3 rings (SSSR count). The molecule has 3 amide bonds. The van der Waals surface area contributed by atoms with Crippen molar-refractivity contribution in [1.29, 1.82) is 0 Å². The number of carbonyl (C=O) groups is 2. The molecular weight excluding hydrogens is 313 g/mol. The molecule has 0 unspecified atom stereocenters. The highest BCUT2D eigenvalue weighted by atomic mass is 19.4. The number of nitrogens with zero attached hydrogens (tertiary/aromatic N) is 2. The quantitative estimate of drug-likeness (QED) is 0.781. The van der Waals surface area contributed by atoms with Gasteiger partial charge in [-0.05, 0) is 25.0 Å². The van der Waals surface area contributed by atoms with E-state index in [0.717, 1.165) is 23.8 Å². The molecule has 0 radical (unpaired) electrons. The number of benzene rings is 1. The normalized spacial score (nSPS) is 18.7. The number of imide groups is 1. The summed E-state index contributed by atoms with van der Waals surface area (Å²) in [5.41, 5.74) is -0.876. The van der Waals surface area contributed by atoms with Gasteiger partial charge >= 0.3 is 12.2 Å². The highest BCUT2D eigenvalue weighted by Crippen LogP contribution is 2.36. The smallest absolute Gasteiger partial charge is 0.419 e. The fourth-order valence-corrected chi connectivity index (χ4v) is 2.53. The Hall–Kier alpha value is -2.25. The number of urea groups is 1. The second-order valence-corrected chi connectivity index (χ2v) is 5.53. The van der Waals surface area contributed by atoms with E-state index in [1.807, 2.05) is 0 Å². The Morgan fingerprint density at radius 2 is 1.87 bits per heavy atom. The zero-order valence-electron chi connectivity index (χ0n) is 12.2. The molecule has 0 aromatic heterocycles. The summed E-state index contributed by atoms with van der Waals surface area (Å²) >= 11 is 0. The molecule has 23 heavy (non-hydrogen) atoms. The van der Waals surface area contributed by atoms with Crippen LogP contribution in [0.2, 0.25) is 0 Å². The number of hydrogen-bond acceptors (Lipinski definition) is 3. The fourth-order valence-electron chi connectivity index (χ4n) is 2.53. The Morgan fingerprint density at radius 3 is 2.52 bits per heavy atom. The van der Waals surface area contributed by atoms with Gasteiger partial charge in [0.15, 0.2) is 0 Å². The van der Waals surface area contributed by atoms with E-state index >= 15 is 0 Å². The van der Waals surface area contributed by atoms with Crippen LogP contribution < -0.4 is 4.74 Å². The monoisotopic (exact) mass is 328 g/mol. The second kappa shape index (κ2) is 5.75. The first-order chi connectivity index (χ1) is 10.9. The van der Waals surface area contributed by atoms with E-state index in [2.05, 4.69) is 0 Å². The number of halogens is 3. The van der Waals surface area contributed by atoms with Gasteiger partial charge in [-0.25, -0.2) is 4.79 Å². The van der Waals surface area contributed by atoms with Crippen LogP contribution in [0, 0.1) is 0 Å². The number of alkyl halides is 3. The number of ether oxygens (including phenoxy) is 1. The molecule has 0 spiro atoms. The highest BCUT2D eigenvalue weighted by Gasteiger charge is 2.43. The van der Waals surface area contributed by atoms with Crippen molar-refractivity contribution in [2.45, 2.75) is 25.1 Å². The van der Waals surface area contributed by atoms with E-state index in [-0.39, 0.29) is 43.4 Å². The van der Waals surface area contributed by atoms with Gasteiger partial charge in [0, 0.05) is 6.04 Å². The van der Waals surface area contributed by atoms with Crippen LogP contribution in [0.4, 0.5) is 18.0 Å². The van der Waals surface area contributed by atoms with Crippen molar-refractivity contribution in [3.05, 3.63) is 29.8 Å². The third-order valence-corrected chi connectivity index (χ3v) is 3.84.